The Morgan fingerprint density at radius 2 is 1.91 bits per heavy atom. The Labute approximate surface area is 131 Å². The van der Waals surface area contributed by atoms with Gasteiger partial charge in [0.25, 0.3) is 5.91 Å². The maximum absolute atomic E-state index is 12.0. The summed E-state index contributed by atoms with van der Waals surface area (Å²) in [6.07, 6.45) is 0. The van der Waals surface area contributed by atoms with Gasteiger partial charge in [0.1, 0.15) is 12.4 Å². The molecule has 0 fully saturated rings. The van der Waals surface area contributed by atoms with Gasteiger partial charge >= 0.3 is 0 Å². The van der Waals surface area contributed by atoms with Gasteiger partial charge in [-0.1, -0.05) is 29.8 Å². The molecule has 0 aromatic heterocycles. The molecule has 0 radical (unpaired) electrons. The molecule has 4 heteroatoms. The average molecular weight is 299 g/mol. The molecule has 0 unspecified atom stereocenters. The molecule has 1 N–H and O–H groups in total. The molecular weight excluding hydrogens is 278 g/mol. The lowest BCUT2D eigenvalue weighted by molar-refractivity contribution is 0.0767. The number of ether oxygens (including phenoxy) is 1. The van der Waals surface area contributed by atoms with Crippen LogP contribution in [0.4, 0.5) is 0 Å². The molecule has 0 saturated carbocycles. The molecule has 0 aliphatic carbocycles. The van der Waals surface area contributed by atoms with Crippen LogP contribution in [0.15, 0.2) is 48.5 Å². The van der Waals surface area contributed by atoms with Gasteiger partial charge in [0.05, 0.1) is 6.61 Å². The smallest absolute Gasteiger partial charge is 0.253 e. The molecule has 116 valence electrons. The van der Waals surface area contributed by atoms with E-state index in [1.807, 2.05) is 25.1 Å². The summed E-state index contributed by atoms with van der Waals surface area (Å²) in [5.74, 6) is 0.613. The van der Waals surface area contributed by atoms with Crippen LogP contribution in [-0.4, -0.2) is 36.1 Å². The van der Waals surface area contributed by atoms with E-state index in [9.17, 15) is 4.79 Å². The van der Waals surface area contributed by atoms with Crippen molar-refractivity contribution in [3.63, 3.8) is 0 Å². The molecule has 0 aliphatic rings. The molecule has 0 aliphatic heterocycles. The summed E-state index contributed by atoms with van der Waals surface area (Å²) in [4.78, 5) is 13.5. The Balaban J connectivity index is 1.96. The van der Waals surface area contributed by atoms with Crippen molar-refractivity contribution in [2.75, 3.05) is 20.2 Å². The van der Waals surface area contributed by atoms with Crippen molar-refractivity contribution in [2.24, 2.45) is 0 Å². The van der Waals surface area contributed by atoms with E-state index in [4.69, 9.17) is 9.84 Å². The minimum absolute atomic E-state index is 0.0417. The van der Waals surface area contributed by atoms with Crippen LogP contribution in [0, 0.1) is 6.92 Å². The van der Waals surface area contributed by atoms with Gasteiger partial charge < -0.3 is 14.7 Å². The van der Waals surface area contributed by atoms with Crippen LogP contribution in [0.2, 0.25) is 0 Å². The molecule has 2 rings (SSSR count). The number of carbonyl (C=O) groups is 1. The van der Waals surface area contributed by atoms with Crippen LogP contribution in [-0.2, 0) is 6.61 Å². The van der Waals surface area contributed by atoms with Gasteiger partial charge in [-0.2, -0.15) is 0 Å². The van der Waals surface area contributed by atoms with Crippen molar-refractivity contribution >= 4 is 5.91 Å². The Morgan fingerprint density at radius 3 is 2.55 bits per heavy atom. The molecule has 2 aromatic carbocycles. The third-order valence-electron chi connectivity index (χ3n) is 3.37. The first-order chi connectivity index (χ1) is 10.6. The second-order valence-electron chi connectivity index (χ2n) is 5.25. The summed E-state index contributed by atoms with van der Waals surface area (Å²) in [6, 6.07) is 15.2. The highest BCUT2D eigenvalue weighted by molar-refractivity contribution is 5.94. The van der Waals surface area contributed by atoms with Crippen LogP contribution < -0.4 is 4.74 Å². The lowest BCUT2D eigenvalue weighted by atomic mass is 10.1. The maximum atomic E-state index is 12.0. The second kappa shape index (κ2) is 7.61. The molecule has 0 bridgehead atoms. The summed E-state index contributed by atoms with van der Waals surface area (Å²) in [6.45, 7) is 2.83. The first kappa shape index (κ1) is 16.0. The summed E-state index contributed by atoms with van der Waals surface area (Å²) in [5, 5.41) is 8.86. The van der Waals surface area contributed by atoms with E-state index < -0.39 is 0 Å². The number of aliphatic hydroxyl groups excluding tert-OH is 1. The molecule has 0 spiro atoms. The van der Waals surface area contributed by atoms with E-state index in [1.165, 1.54) is 10.5 Å². The number of amides is 1. The maximum Gasteiger partial charge on any atom is 0.253 e. The number of likely N-dealkylation sites (N-methyl/N-ethyl adjacent to an activating group) is 1. The number of hydrogen-bond acceptors (Lipinski definition) is 3. The van der Waals surface area contributed by atoms with Crippen LogP contribution in [0.5, 0.6) is 5.75 Å². The molecule has 22 heavy (non-hydrogen) atoms. The van der Waals surface area contributed by atoms with Crippen molar-refractivity contribution in [1.82, 2.24) is 4.90 Å². The number of aryl methyl sites for hydroxylation is 1. The summed E-state index contributed by atoms with van der Waals surface area (Å²) in [5.41, 5.74) is 2.90. The number of nitrogens with zero attached hydrogens (tertiary/aromatic N) is 1. The SMILES string of the molecule is Cc1cccc(COc2ccc(C(=O)N(C)CCO)cc2)c1. The van der Waals surface area contributed by atoms with E-state index in [0.717, 1.165) is 11.3 Å². The Morgan fingerprint density at radius 1 is 1.18 bits per heavy atom. The Kier molecular flexibility index (Phi) is 5.55. The Hall–Kier alpha value is -2.33. The number of carbonyl (C=O) groups excluding carboxylic acids is 1. The third kappa shape index (κ3) is 4.33. The van der Waals surface area contributed by atoms with Crippen molar-refractivity contribution in [3.05, 3.63) is 65.2 Å². The highest BCUT2D eigenvalue weighted by atomic mass is 16.5. The zero-order valence-electron chi connectivity index (χ0n) is 13.0. The number of rotatable bonds is 6. The monoisotopic (exact) mass is 299 g/mol. The van der Waals surface area contributed by atoms with Gasteiger partial charge in [-0.05, 0) is 36.8 Å². The largest absolute Gasteiger partial charge is 0.489 e. The van der Waals surface area contributed by atoms with Crippen LogP contribution in [0.3, 0.4) is 0 Å². The highest BCUT2D eigenvalue weighted by Gasteiger charge is 2.10. The Bertz CT molecular complexity index is 622. The van der Waals surface area contributed by atoms with Gasteiger partial charge in [-0.25, -0.2) is 0 Å². The first-order valence-corrected chi connectivity index (χ1v) is 7.25. The minimum atomic E-state index is -0.112. The van der Waals surface area contributed by atoms with Crippen molar-refractivity contribution < 1.29 is 14.6 Å². The third-order valence-corrected chi connectivity index (χ3v) is 3.37. The van der Waals surface area contributed by atoms with Crippen LogP contribution in [0.25, 0.3) is 0 Å². The van der Waals surface area contributed by atoms with Crippen molar-refractivity contribution in [3.8, 4) is 5.75 Å². The fraction of sp³-hybridized carbons (Fsp3) is 0.278. The van der Waals surface area contributed by atoms with Crippen molar-refractivity contribution in [1.29, 1.82) is 0 Å². The standard InChI is InChI=1S/C18H21NO3/c1-14-4-3-5-15(12-14)13-22-17-8-6-16(7-9-17)18(21)19(2)10-11-20/h3-9,12,20H,10-11,13H2,1-2H3. The number of hydrogen-bond donors (Lipinski definition) is 1. The van der Waals surface area contributed by atoms with Gasteiger partial charge in [0.15, 0.2) is 0 Å². The van der Waals surface area contributed by atoms with E-state index in [2.05, 4.69) is 6.07 Å². The minimum Gasteiger partial charge on any atom is -0.489 e. The van der Waals surface area contributed by atoms with E-state index in [1.54, 1.807) is 31.3 Å². The molecule has 0 atom stereocenters. The highest BCUT2D eigenvalue weighted by Crippen LogP contribution is 2.15. The lowest BCUT2D eigenvalue weighted by Gasteiger charge is -2.15. The van der Waals surface area contributed by atoms with E-state index in [0.29, 0.717) is 18.7 Å². The molecule has 0 saturated heterocycles. The van der Waals surface area contributed by atoms with E-state index >= 15 is 0 Å². The van der Waals surface area contributed by atoms with Crippen molar-refractivity contribution in [2.45, 2.75) is 13.5 Å². The molecule has 2 aromatic rings. The summed E-state index contributed by atoms with van der Waals surface area (Å²) in [7, 11) is 1.67. The lowest BCUT2D eigenvalue weighted by Crippen LogP contribution is -2.29. The molecule has 4 nitrogen and oxygen atoms in total. The van der Waals surface area contributed by atoms with Gasteiger partial charge in [0.2, 0.25) is 0 Å². The van der Waals surface area contributed by atoms with E-state index in [-0.39, 0.29) is 12.5 Å². The molecule has 0 heterocycles. The first-order valence-electron chi connectivity index (χ1n) is 7.25. The summed E-state index contributed by atoms with van der Waals surface area (Å²) >= 11 is 0. The molecule has 1 amide bonds. The van der Waals surface area contributed by atoms with Crippen LogP contribution >= 0.6 is 0 Å². The topological polar surface area (TPSA) is 49.8 Å². The van der Waals surface area contributed by atoms with Gasteiger partial charge in [0, 0.05) is 19.2 Å². The fourth-order valence-electron chi connectivity index (χ4n) is 2.13. The fourth-order valence-corrected chi connectivity index (χ4v) is 2.13. The average Bonchev–Trinajstić information content (AvgIpc) is 2.53. The quantitative estimate of drug-likeness (QED) is 0.892. The molecular formula is C18H21NO3. The number of benzene rings is 2. The van der Waals surface area contributed by atoms with Gasteiger partial charge in [-0.15, -0.1) is 0 Å². The predicted molar refractivity (Wildman–Crippen MR) is 86.0 cm³/mol. The van der Waals surface area contributed by atoms with Crippen LogP contribution in [0.1, 0.15) is 21.5 Å². The summed E-state index contributed by atoms with van der Waals surface area (Å²) < 4.78 is 5.72. The zero-order chi connectivity index (χ0) is 15.9. The normalized spacial score (nSPS) is 10.3. The number of aliphatic hydroxyl groups is 1. The predicted octanol–water partition coefficient (Wildman–Crippen LogP) is 2.64. The zero-order valence-corrected chi connectivity index (χ0v) is 13.0. The second-order valence-corrected chi connectivity index (χ2v) is 5.25. The van der Waals surface area contributed by atoms with Gasteiger partial charge in [-0.3, -0.25) is 4.79 Å².